The summed E-state index contributed by atoms with van der Waals surface area (Å²) in [5, 5.41) is 3.20. The predicted molar refractivity (Wildman–Crippen MR) is 80.8 cm³/mol. The average molecular weight is 297 g/mol. The molecule has 1 saturated heterocycles. The first-order chi connectivity index (χ1) is 9.56. The third-order valence-electron chi connectivity index (χ3n) is 3.46. The topological polar surface area (TPSA) is 71.2 Å². The Morgan fingerprint density at radius 1 is 1.50 bits per heavy atom. The molecule has 3 N–H and O–H groups in total. The number of pyridine rings is 1. The molecule has 0 saturated carbocycles. The normalized spacial score (nSPS) is 17.1. The number of halogens is 1. The van der Waals surface area contributed by atoms with Crippen LogP contribution in [0.4, 0.5) is 5.82 Å². The predicted octanol–water partition coefficient (Wildman–Crippen LogP) is 1.78. The van der Waals surface area contributed by atoms with Gasteiger partial charge >= 0.3 is 0 Å². The molecule has 20 heavy (non-hydrogen) atoms. The van der Waals surface area contributed by atoms with Crippen LogP contribution >= 0.6 is 11.6 Å². The average Bonchev–Trinajstić information content (AvgIpc) is 2.91. The Kier molecular flexibility index (Phi) is 5.20. The Hall–Kier alpha value is -1.33. The molecule has 1 aromatic heterocycles. The number of carbonyl (C=O) groups is 1. The van der Waals surface area contributed by atoms with E-state index in [-0.39, 0.29) is 11.6 Å². The first kappa shape index (κ1) is 15.1. The second-order valence-electron chi connectivity index (χ2n) is 5.39. The van der Waals surface area contributed by atoms with Crippen molar-refractivity contribution in [2.75, 3.05) is 31.9 Å². The number of hydrogen-bond donors (Lipinski definition) is 2. The Balaban J connectivity index is 1.83. The van der Waals surface area contributed by atoms with E-state index in [9.17, 15) is 4.79 Å². The summed E-state index contributed by atoms with van der Waals surface area (Å²) in [4.78, 5) is 18.4. The summed E-state index contributed by atoms with van der Waals surface area (Å²) in [5.41, 5.74) is 5.77. The first-order valence-electron chi connectivity index (χ1n) is 6.99. The van der Waals surface area contributed by atoms with Gasteiger partial charge in [0.05, 0.1) is 5.02 Å². The van der Waals surface area contributed by atoms with Crippen molar-refractivity contribution in [3.63, 3.8) is 0 Å². The largest absolute Gasteiger partial charge is 0.384 e. The van der Waals surface area contributed by atoms with Crippen LogP contribution in [-0.4, -0.2) is 42.0 Å². The molecule has 1 aromatic rings. The van der Waals surface area contributed by atoms with Crippen molar-refractivity contribution in [1.82, 2.24) is 15.2 Å². The minimum absolute atomic E-state index is 0.194. The molecule has 110 valence electrons. The molecule has 0 spiro atoms. The Bertz CT molecular complexity index is 474. The quantitative estimate of drug-likeness (QED) is 0.869. The number of aromatic nitrogens is 1. The fourth-order valence-corrected chi connectivity index (χ4v) is 2.63. The van der Waals surface area contributed by atoms with Gasteiger partial charge in [0.25, 0.3) is 5.91 Å². The highest BCUT2D eigenvalue weighted by atomic mass is 35.5. The molecule has 0 bridgehead atoms. The van der Waals surface area contributed by atoms with E-state index in [4.69, 9.17) is 17.3 Å². The molecule has 2 rings (SSSR count). The lowest BCUT2D eigenvalue weighted by molar-refractivity contribution is 0.0940. The van der Waals surface area contributed by atoms with Crippen LogP contribution in [0.3, 0.4) is 0 Å². The maximum atomic E-state index is 12.0. The van der Waals surface area contributed by atoms with Crippen molar-refractivity contribution in [2.45, 2.75) is 19.8 Å². The lowest BCUT2D eigenvalue weighted by Crippen LogP contribution is -2.34. The van der Waals surface area contributed by atoms with Gasteiger partial charge in [0.2, 0.25) is 0 Å². The molecule has 0 aromatic carbocycles. The van der Waals surface area contributed by atoms with E-state index >= 15 is 0 Å². The Labute approximate surface area is 124 Å². The molecule has 1 aliphatic heterocycles. The van der Waals surface area contributed by atoms with Gasteiger partial charge in [0.1, 0.15) is 11.5 Å². The van der Waals surface area contributed by atoms with E-state index in [1.807, 2.05) is 0 Å². The Morgan fingerprint density at radius 3 is 2.90 bits per heavy atom. The monoisotopic (exact) mass is 296 g/mol. The van der Waals surface area contributed by atoms with E-state index in [1.54, 1.807) is 12.1 Å². The zero-order valence-corrected chi connectivity index (χ0v) is 12.5. The number of likely N-dealkylation sites (tertiary alicyclic amines) is 1. The lowest BCUT2D eigenvalue weighted by atomic mass is 10.1. The van der Waals surface area contributed by atoms with Crippen molar-refractivity contribution < 1.29 is 4.79 Å². The highest BCUT2D eigenvalue weighted by Gasteiger charge is 2.17. The van der Waals surface area contributed by atoms with Crippen LogP contribution in [0, 0.1) is 5.92 Å². The van der Waals surface area contributed by atoms with Crippen LogP contribution in [0.1, 0.15) is 30.3 Å². The minimum Gasteiger partial charge on any atom is -0.384 e. The number of amides is 1. The summed E-state index contributed by atoms with van der Waals surface area (Å²) in [5.74, 6) is 0.428. The summed E-state index contributed by atoms with van der Waals surface area (Å²) in [6, 6.07) is 3.17. The molecule has 0 aliphatic carbocycles. The van der Waals surface area contributed by atoms with Crippen molar-refractivity contribution in [3.05, 3.63) is 22.8 Å². The van der Waals surface area contributed by atoms with Gasteiger partial charge in [-0.2, -0.15) is 0 Å². The van der Waals surface area contributed by atoms with Gasteiger partial charge in [-0.3, -0.25) is 4.79 Å². The molecule has 1 aliphatic rings. The van der Waals surface area contributed by atoms with Gasteiger partial charge in [0.15, 0.2) is 0 Å². The highest BCUT2D eigenvalue weighted by Crippen LogP contribution is 2.15. The smallest absolute Gasteiger partial charge is 0.271 e. The van der Waals surface area contributed by atoms with E-state index in [1.165, 1.54) is 25.9 Å². The molecule has 1 amide bonds. The number of nitrogens with two attached hydrogens (primary N) is 1. The lowest BCUT2D eigenvalue weighted by Gasteiger charge is -2.20. The molecular weight excluding hydrogens is 276 g/mol. The van der Waals surface area contributed by atoms with E-state index in [0.717, 1.165) is 6.54 Å². The molecule has 1 fully saturated rings. The van der Waals surface area contributed by atoms with Crippen LogP contribution in [0.5, 0.6) is 0 Å². The summed E-state index contributed by atoms with van der Waals surface area (Å²) >= 11 is 5.96. The summed E-state index contributed by atoms with van der Waals surface area (Å²) in [7, 11) is 0. The van der Waals surface area contributed by atoms with Crippen molar-refractivity contribution in [1.29, 1.82) is 0 Å². The van der Waals surface area contributed by atoms with Gasteiger partial charge < -0.3 is 16.0 Å². The zero-order chi connectivity index (χ0) is 14.5. The highest BCUT2D eigenvalue weighted by molar-refractivity contribution is 6.33. The van der Waals surface area contributed by atoms with Gasteiger partial charge in [0, 0.05) is 13.1 Å². The molecule has 1 unspecified atom stereocenters. The number of carbonyl (C=O) groups excluding carboxylic acids is 1. The number of nitrogen functional groups attached to an aromatic ring is 1. The fraction of sp³-hybridized carbons (Fsp3) is 0.571. The third kappa shape index (κ3) is 4.08. The molecule has 2 heterocycles. The molecular formula is C14H21ClN4O. The van der Waals surface area contributed by atoms with Gasteiger partial charge in [-0.1, -0.05) is 18.5 Å². The molecule has 0 radical (unpaired) electrons. The number of nitrogens with zero attached hydrogens (tertiary/aromatic N) is 2. The first-order valence-corrected chi connectivity index (χ1v) is 7.36. The van der Waals surface area contributed by atoms with E-state index < -0.39 is 0 Å². The van der Waals surface area contributed by atoms with Gasteiger partial charge in [-0.05, 0) is 44.0 Å². The molecule has 6 heteroatoms. The van der Waals surface area contributed by atoms with Crippen LogP contribution < -0.4 is 11.1 Å². The molecule has 5 nitrogen and oxygen atoms in total. The zero-order valence-electron chi connectivity index (χ0n) is 11.7. The summed E-state index contributed by atoms with van der Waals surface area (Å²) in [6.45, 7) is 6.09. The molecule has 1 atom stereocenters. The third-order valence-corrected chi connectivity index (χ3v) is 3.77. The number of nitrogens with one attached hydrogen (secondary N) is 1. The fourth-order valence-electron chi connectivity index (χ4n) is 2.44. The van der Waals surface area contributed by atoms with E-state index in [2.05, 4.69) is 22.1 Å². The van der Waals surface area contributed by atoms with Crippen molar-refractivity contribution >= 4 is 23.3 Å². The second kappa shape index (κ2) is 6.90. The van der Waals surface area contributed by atoms with Crippen molar-refractivity contribution in [2.24, 2.45) is 5.92 Å². The number of anilines is 1. The van der Waals surface area contributed by atoms with Gasteiger partial charge in [-0.25, -0.2) is 4.98 Å². The van der Waals surface area contributed by atoms with Crippen molar-refractivity contribution in [3.8, 4) is 0 Å². The van der Waals surface area contributed by atoms with Crippen LogP contribution in [0.15, 0.2) is 12.1 Å². The maximum absolute atomic E-state index is 12.0. The standard InChI is InChI=1S/C14H21ClN4O/c1-10(9-19-6-2-3-7-19)8-17-14(20)13-11(15)4-5-12(16)18-13/h4-5,10H,2-3,6-9H2,1H3,(H2,16,18)(H,17,20). The summed E-state index contributed by atoms with van der Waals surface area (Å²) < 4.78 is 0. The van der Waals surface area contributed by atoms with E-state index in [0.29, 0.717) is 23.3 Å². The minimum atomic E-state index is -0.268. The van der Waals surface area contributed by atoms with Crippen LogP contribution in [0.2, 0.25) is 5.02 Å². The van der Waals surface area contributed by atoms with Crippen LogP contribution in [0.25, 0.3) is 0 Å². The summed E-state index contributed by atoms with van der Waals surface area (Å²) in [6.07, 6.45) is 2.56. The maximum Gasteiger partial charge on any atom is 0.271 e. The number of hydrogen-bond acceptors (Lipinski definition) is 4. The van der Waals surface area contributed by atoms with Crippen LogP contribution in [-0.2, 0) is 0 Å². The SMILES string of the molecule is CC(CNC(=O)c1nc(N)ccc1Cl)CN1CCCC1. The number of rotatable bonds is 5. The Morgan fingerprint density at radius 2 is 2.20 bits per heavy atom. The second-order valence-corrected chi connectivity index (χ2v) is 5.80. The van der Waals surface area contributed by atoms with Gasteiger partial charge in [-0.15, -0.1) is 0 Å².